The van der Waals surface area contributed by atoms with Crippen LogP contribution in [-0.2, 0) is 13.1 Å². The number of carbonyl (C=O) groups excluding carboxylic acids is 1. The van der Waals surface area contributed by atoms with Gasteiger partial charge in [0.15, 0.2) is 0 Å². The van der Waals surface area contributed by atoms with Crippen LogP contribution in [0.3, 0.4) is 0 Å². The summed E-state index contributed by atoms with van der Waals surface area (Å²) in [6, 6.07) is 3.90. The fraction of sp³-hybridized carbons (Fsp3) is 0.231. The van der Waals surface area contributed by atoms with Gasteiger partial charge < -0.3 is 16.2 Å². The van der Waals surface area contributed by atoms with Crippen molar-refractivity contribution in [2.75, 3.05) is 11.9 Å². The largest absolute Gasteiger partial charge is 0.394 e. The highest BCUT2D eigenvalue weighted by atomic mass is 19.1. The van der Waals surface area contributed by atoms with Crippen LogP contribution in [0.15, 0.2) is 30.6 Å². The van der Waals surface area contributed by atoms with Crippen molar-refractivity contribution < 1.29 is 14.3 Å². The first-order chi connectivity index (χ1) is 9.60. The normalized spacial score (nSPS) is 10.5. The zero-order chi connectivity index (χ0) is 14.5. The van der Waals surface area contributed by atoms with Crippen LogP contribution in [0.25, 0.3) is 0 Å². The Bertz CT molecular complexity index is 612. The highest BCUT2D eigenvalue weighted by molar-refractivity contribution is 5.93. The molecule has 106 valence electrons. The van der Waals surface area contributed by atoms with Crippen molar-refractivity contribution in [3.05, 3.63) is 47.5 Å². The van der Waals surface area contributed by atoms with E-state index in [0.29, 0.717) is 13.1 Å². The molecule has 0 aliphatic rings. The van der Waals surface area contributed by atoms with Crippen molar-refractivity contribution in [1.29, 1.82) is 0 Å². The Hall–Kier alpha value is -2.41. The number of aliphatic hydroxyl groups excluding tert-OH is 1. The molecule has 0 saturated carbocycles. The molecule has 4 N–H and O–H groups in total. The summed E-state index contributed by atoms with van der Waals surface area (Å²) in [7, 11) is 0. The molecule has 6 nitrogen and oxygen atoms in total. The van der Waals surface area contributed by atoms with Gasteiger partial charge in [0.1, 0.15) is 5.82 Å². The number of nitrogens with zero attached hydrogens (tertiary/aromatic N) is 2. The van der Waals surface area contributed by atoms with Crippen molar-refractivity contribution in [2.45, 2.75) is 13.1 Å². The van der Waals surface area contributed by atoms with Crippen LogP contribution < -0.4 is 11.1 Å². The van der Waals surface area contributed by atoms with Crippen LogP contribution >= 0.6 is 0 Å². The third kappa shape index (κ3) is 3.33. The first-order valence-electron chi connectivity index (χ1n) is 6.05. The Kier molecular flexibility index (Phi) is 4.31. The quantitative estimate of drug-likeness (QED) is 0.726. The van der Waals surface area contributed by atoms with Gasteiger partial charge in [0, 0.05) is 23.9 Å². The molecule has 0 fully saturated rings. The molecule has 2 aromatic rings. The molecule has 0 unspecified atom stereocenters. The smallest absolute Gasteiger partial charge is 0.248 e. The Balaban J connectivity index is 2.05. The van der Waals surface area contributed by atoms with E-state index in [0.717, 1.165) is 5.56 Å². The molecule has 2 rings (SSSR count). The van der Waals surface area contributed by atoms with Gasteiger partial charge in [0.25, 0.3) is 0 Å². The molecule has 0 bridgehead atoms. The molecular formula is C13H15FN4O2. The summed E-state index contributed by atoms with van der Waals surface area (Å²) in [6.45, 7) is 0.764. The van der Waals surface area contributed by atoms with Crippen LogP contribution in [-0.4, -0.2) is 27.4 Å². The van der Waals surface area contributed by atoms with Gasteiger partial charge in [0.05, 0.1) is 25.0 Å². The van der Waals surface area contributed by atoms with Crippen molar-refractivity contribution >= 4 is 11.6 Å². The second kappa shape index (κ2) is 6.16. The summed E-state index contributed by atoms with van der Waals surface area (Å²) in [4.78, 5) is 11.0. The molecule has 0 aliphatic heterocycles. The van der Waals surface area contributed by atoms with E-state index in [4.69, 9.17) is 10.8 Å². The number of primary amides is 1. The van der Waals surface area contributed by atoms with Crippen LogP contribution in [0.2, 0.25) is 0 Å². The molecule has 0 saturated heterocycles. The average Bonchev–Trinajstić information content (AvgIpc) is 2.86. The lowest BCUT2D eigenvalue weighted by Crippen LogP contribution is -2.12. The lowest BCUT2D eigenvalue weighted by atomic mass is 10.2. The summed E-state index contributed by atoms with van der Waals surface area (Å²) in [6.07, 6.45) is 3.37. The van der Waals surface area contributed by atoms with Gasteiger partial charge in [-0.05, 0) is 18.2 Å². The molecule has 1 heterocycles. The third-order valence-corrected chi connectivity index (χ3v) is 2.75. The lowest BCUT2D eigenvalue weighted by Gasteiger charge is -2.07. The van der Waals surface area contributed by atoms with Gasteiger partial charge in [-0.2, -0.15) is 5.10 Å². The number of nitrogens with two attached hydrogens (primary N) is 1. The monoisotopic (exact) mass is 278 g/mol. The Morgan fingerprint density at radius 1 is 1.50 bits per heavy atom. The van der Waals surface area contributed by atoms with Gasteiger partial charge in [-0.15, -0.1) is 0 Å². The number of hydrogen-bond donors (Lipinski definition) is 3. The molecule has 7 heteroatoms. The summed E-state index contributed by atoms with van der Waals surface area (Å²) >= 11 is 0. The maximum absolute atomic E-state index is 13.6. The fourth-order valence-corrected chi connectivity index (χ4v) is 1.73. The van der Waals surface area contributed by atoms with E-state index in [2.05, 4.69) is 10.4 Å². The van der Waals surface area contributed by atoms with Gasteiger partial charge in [0.2, 0.25) is 5.91 Å². The minimum atomic E-state index is -0.608. The van der Waals surface area contributed by atoms with Crippen LogP contribution in [0, 0.1) is 5.82 Å². The first kappa shape index (κ1) is 14.0. The predicted molar refractivity (Wildman–Crippen MR) is 71.6 cm³/mol. The van der Waals surface area contributed by atoms with Crippen LogP contribution in [0.1, 0.15) is 15.9 Å². The topological polar surface area (TPSA) is 93.2 Å². The van der Waals surface area contributed by atoms with E-state index in [-0.39, 0.29) is 17.9 Å². The SMILES string of the molecule is NC(=O)c1ccc(F)c(NCc2cnn(CCO)c2)c1. The Labute approximate surface area is 115 Å². The zero-order valence-corrected chi connectivity index (χ0v) is 10.7. The number of hydrogen-bond acceptors (Lipinski definition) is 4. The minimum Gasteiger partial charge on any atom is -0.394 e. The molecule has 1 aromatic carbocycles. The van der Waals surface area contributed by atoms with E-state index in [1.807, 2.05) is 0 Å². The Morgan fingerprint density at radius 2 is 2.30 bits per heavy atom. The highest BCUT2D eigenvalue weighted by Gasteiger charge is 2.07. The molecule has 1 amide bonds. The number of benzene rings is 1. The average molecular weight is 278 g/mol. The molecule has 0 spiro atoms. The van der Waals surface area contributed by atoms with E-state index in [1.54, 1.807) is 17.1 Å². The number of nitrogens with one attached hydrogen (secondary N) is 1. The van der Waals surface area contributed by atoms with Gasteiger partial charge in [-0.1, -0.05) is 0 Å². The minimum absolute atomic E-state index is 0.00380. The number of carbonyl (C=O) groups is 1. The predicted octanol–water partition coefficient (Wildman–Crippen LogP) is 0.725. The van der Waals surface area contributed by atoms with Crippen LogP contribution in [0.5, 0.6) is 0 Å². The summed E-state index contributed by atoms with van der Waals surface area (Å²) in [5, 5.41) is 15.7. The van der Waals surface area contributed by atoms with Crippen molar-refractivity contribution in [3.63, 3.8) is 0 Å². The van der Waals surface area contributed by atoms with Crippen LogP contribution in [0.4, 0.5) is 10.1 Å². The molecule has 0 radical (unpaired) electrons. The summed E-state index contributed by atoms with van der Waals surface area (Å²) in [5.41, 5.74) is 6.43. The molecule has 20 heavy (non-hydrogen) atoms. The van der Waals surface area contributed by atoms with E-state index in [9.17, 15) is 9.18 Å². The maximum atomic E-state index is 13.6. The van der Waals surface area contributed by atoms with Gasteiger partial charge in [-0.3, -0.25) is 9.48 Å². The summed E-state index contributed by atoms with van der Waals surface area (Å²) in [5.74, 6) is -1.07. The number of anilines is 1. The van der Waals surface area contributed by atoms with E-state index < -0.39 is 11.7 Å². The van der Waals surface area contributed by atoms with Crippen molar-refractivity contribution in [2.24, 2.45) is 5.73 Å². The maximum Gasteiger partial charge on any atom is 0.248 e. The second-order valence-corrected chi connectivity index (χ2v) is 4.25. The lowest BCUT2D eigenvalue weighted by molar-refractivity contribution is 0.100. The molecule has 1 aromatic heterocycles. The van der Waals surface area contributed by atoms with Crippen molar-refractivity contribution in [3.8, 4) is 0 Å². The zero-order valence-electron chi connectivity index (χ0n) is 10.7. The highest BCUT2D eigenvalue weighted by Crippen LogP contribution is 2.17. The van der Waals surface area contributed by atoms with Crippen molar-refractivity contribution in [1.82, 2.24) is 9.78 Å². The second-order valence-electron chi connectivity index (χ2n) is 4.25. The van der Waals surface area contributed by atoms with Gasteiger partial charge in [-0.25, -0.2) is 4.39 Å². The van der Waals surface area contributed by atoms with E-state index in [1.165, 1.54) is 18.2 Å². The third-order valence-electron chi connectivity index (χ3n) is 2.75. The molecule has 0 atom stereocenters. The molecular weight excluding hydrogens is 263 g/mol. The number of amides is 1. The standard InChI is InChI=1S/C13H15FN4O2/c14-11-2-1-10(13(15)20)5-12(11)16-6-9-7-17-18(8-9)3-4-19/h1-2,5,7-8,16,19H,3-4,6H2,(H2,15,20). The number of halogens is 1. The van der Waals surface area contributed by atoms with E-state index >= 15 is 0 Å². The van der Waals surface area contributed by atoms with Gasteiger partial charge >= 0.3 is 0 Å². The molecule has 0 aliphatic carbocycles. The number of rotatable bonds is 6. The Morgan fingerprint density at radius 3 is 3.00 bits per heavy atom. The first-order valence-corrected chi connectivity index (χ1v) is 6.05. The fourth-order valence-electron chi connectivity index (χ4n) is 1.73. The number of aliphatic hydroxyl groups is 1. The summed E-state index contributed by atoms with van der Waals surface area (Å²) < 4.78 is 15.2. The number of aromatic nitrogens is 2.